The first kappa shape index (κ1) is 27.6. The Balaban J connectivity index is 1.52. The van der Waals surface area contributed by atoms with Crippen molar-refractivity contribution in [2.75, 3.05) is 26.4 Å². The minimum absolute atomic E-state index is 0.0726. The molecule has 0 radical (unpaired) electrons. The van der Waals surface area contributed by atoms with Crippen molar-refractivity contribution < 1.29 is 28.5 Å². The van der Waals surface area contributed by atoms with Crippen molar-refractivity contribution in [3.8, 4) is 5.75 Å². The van der Waals surface area contributed by atoms with Crippen molar-refractivity contribution in [1.29, 1.82) is 0 Å². The van der Waals surface area contributed by atoms with Crippen LogP contribution < -0.4 is 10.2 Å². The summed E-state index contributed by atoms with van der Waals surface area (Å²) in [6.07, 6.45) is 3.71. The molecule has 0 aliphatic carbocycles. The molecule has 36 heavy (non-hydrogen) atoms. The van der Waals surface area contributed by atoms with E-state index in [9.17, 15) is 14.4 Å². The van der Waals surface area contributed by atoms with Crippen LogP contribution in [0.2, 0.25) is 0 Å². The van der Waals surface area contributed by atoms with E-state index in [0.717, 1.165) is 35.1 Å². The summed E-state index contributed by atoms with van der Waals surface area (Å²) >= 11 is 1.53. The van der Waals surface area contributed by atoms with E-state index in [1.54, 1.807) is 18.2 Å². The number of benzene rings is 2. The van der Waals surface area contributed by atoms with E-state index >= 15 is 0 Å². The fourth-order valence-electron chi connectivity index (χ4n) is 3.86. The van der Waals surface area contributed by atoms with E-state index in [1.807, 2.05) is 24.3 Å². The van der Waals surface area contributed by atoms with Crippen molar-refractivity contribution in [3.05, 3.63) is 52.7 Å². The Morgan fingerprint density at radius 3 is 2.50 bits per heavy atom. The summed E-state index contributed by atoms with van der Waals surface area (Å²) in [6, 6.07) is 12.6. The molecule has 7 nitrogen and oxygen atoms in total. The zero-order valence-corrected chi connectivity index (χ0v) is 21.9. The average molecular weight is 515 g/mol. The molecule has 0 spiro atoms. The number of ether oxygens (including phenoxy) is 4. The third-order valence-corrected chi connectivity index (χ3v) is 7.02. The number of fused-ring (bicyclic) bond motifs is 2. The number of unbranched alkanes of at least 4 members (excludes halogenated alkanes) is 1. The summed E-state index contributed by atoms with van der Waals surface area (Å²) in [4.78, 5) is 36.6. The molecule has 2 atom stereocenters. The third kappa shape index (κ3) is 8.03. The van der Waals surface area contributed by atoms with Crippen LogP contribution in [0, 0.1) is 5.92 Å². The normalized spacial score (nSPS) is 12.9. The number of carbonyl (C=O) groups is 2. The van der Waals surface area contributed by atoms with Crippen molar-refractivity contribution in [1.82, 2.24) is 0 Å². The van der Waals surface area contributed by atoms with E-state index in [4.69, 9.17) is 18.9 Å². The first-order valence-corrected chi connectivity index (χ1v) is 13.2. The standard InChI is InChI=1S/C28H34O7S/c1-4-6-9-20(5-2)15-32-16-22(35-19(3)29)17-34-27(30)18-33-21-12-13-26-24(14-21)28(31)23-10-7-8-11-25(23)36-26/h7-8,10-14,20,22H,4-6,9,15-18H2,1-3H3. The minimum atomic E-state index is -0.686. The summed E-state index contributed by atoms with van der Waals surface area (Å²) in [5.41, 5.74) is -0.0726. The maximum atomic E-state index is 12.8. The van der Waals surface area contributed by atoms with Crippen LogP contribution in [-0.2, 0) is 23.8 Å². The Kier molecular flexibility index (Phi) is 10.7. The van der Waals surface area contributed by atoms with Gasteiger partial charge in [0.1, 0.15) is 12.4 Å². The molecule has 0 aliphatic rings. The first-order chi connectivity index (χ1) is 17.4. The maximum Gasteiger partial charge on any atom is 0.344 e. The van der Waals surface area contributed by atoms with Crippen molar-refractivity contribution in [2.45, 2.75) is 52.6 Å². The van der Waals surface area contributed by atoms with Crippen molar-refractivity contribution in [3.63, 3.8) is 0 Å². The Hall–Kier alpha value is -2.97. The van der Waals surface area contributed by atoms with Crippen LogP contribution in [0.5, 0.6) is 5.75 Å². The summed E-state index contributed by atoms with van der Waals surface area (Å²) in [7, 11) is 0. The second kappa shape index (κ2) is 13.9. The summed E-state index contributed by atoms with van der Waals surface area (Å²) in [5.74, 6) is -0.219. The van der Waals surface area contributed by atoms with Crippen LogP contribution >= 0.6 is 11.3 Å². The predicted molar refractivity (Wildman–Crippen MR) is 142 cm³/mol. The quantitative estimate of drug-likeness (QED) is 0.207. The highest BCUT2D eigenvalue weighted by Crippen LogP contribution is 2.27. The molecule has 0 saturated heterocycles. The molecule has 0 fully saturated rings. The maximum absolute atomic E-state index is 12.8. The summed E-state index contributed by atoms with van der Waals surface area (Å²) in [5, 5.41) is 1.20. The van der Waals surface area contributed by atoms with Crippen LogP contribution in [0.3, 0.4) is 0 Å². The van der Waals surface area contributed by atoms with E-state index in [1.165, 1.54) is 18.3 Å². The molecule has 0 aliphatic heterocycles. The largest absolute Gasteiger partial charge is 0.482 e. The third-order valence-electron chi connectivity index (χ3n) is 5.87. The fraction of sp³-hybridized carbons (Fsp3) is 0.464. The molecule has 0 N–H and O–H groups in total. The fourth-order valence-corrected chi connectivity index (χ4v) is 4.91. The smallest absolute Gasteiger partial charge is 0.344 e. The van der Waals surface area contributed by atoms with Crippen LogP contribution in [0.1, 0.15) is 46.5 Å². The lowest BCUT2D eigenvalue weighted by Crippen LogP contribution is -2.31. The van der Waals surface area contributed by atoms with Crippen LogP contribution in [0.25, 0.3) is 20.2 Å². The van der Waals surface area contributed by atoms with Gasteiger partial charge in [-0.15, -0.1) is 11.3 Å². The predicted octanol–water partition coefficient (Wildman–Crippen LogP) is 5.50. The second-order valence-corrected chi connectivity index (χ2v) is 9.83. The molecular formula is C28H34O7S. The van der Waals surface area contributed by atoms with Gasteiger partial charge < -0.3 is 18.9 Å². The van der Waals surface area contributed by atoms with Gasteiger partial charge in [-0.05, 0) is 42.7 Å². The van der Waals surface area contributed by atoms with Gasteiger partial charge in [0.05, 0.1) is 6.61 Å². The average Bonchev–Trinajstić information content (AvgIpc) is 2.88. The molecule has 3 rings (SSSR count). The lowest BCUT2D eigenvalue weighted by Gasteiger charge is -2.20. The summed E-state index contributed by atoms with van der Waals surface area (Å²) in [6.45, 7) is 5.87. The molecule has 1 heterocycles. The Labute approximate surface area is 215 Å². The Morgan fingerprint density at radius 1 is 0.972 bits per heavy atom. The topological polar surface area (TPSA) is 88.1 Å². The van der Waals surface area contributed by atoms with Gasteiger partial charge in [0.2, 0.25) is 0 Å². The van der Waals surface area contributed by atoms with E-state index in [0.29, 0.717) is 29.0 Å². The van der Waals surface area contributed by atoms with E-state index in [-0.39, 0.29) is 25.2 Å². The zero-order chi connectivity index (χ0) is 25.9. The van der Waals surface area contributed by atoms with Gasteiger partial charge in [-0.25, -0.2) is 4.79 Å². The number of hydrogen-bond donors (Lipinski definition) is 0. The first-order valence-electron chi connectivity index (χ1n) is 12.4. The van der Waals surface area contributed by atoms with Crippen LogP contribution in [0.4, 0.5) is 0 Å². The molecule has 2 aromatic carbocycles. The van der Waals surface area contributed by atoms with Crippen molar-refractivity contribution >= 4 is 43.4 Å². The monoisotopic (exact) mass is 514 g/mol. The minimum Gasteiger partial charge on any atom is -0.482 e. The van der Waals surface area contributed by atoms with Gasteiger partial charge >= 0.3 is 11.9 Å². The zero-order valence-electron chi connectivity index (χ0n) is 21.1. The van der Waals surface area contributed by atoms with Crippen LogP contribution in [0.15, 0.2) is 47.3 Å². The molecule has 8 heteroatoms. The lowest BCUT2D eigenvalue weighted by atomic mass is 10.0. The number of rotatable bonds is 14. The highest BCUT2D eigenvalue weighted by atomic mass is 32.1. The molecule has 194 valence electrons. The summed E-state index contributed by atoms with van der Waals surface area (Å²) < 4.78 is 23.6. The van der Waals surface area contributed by atoms with Crippen molar-refractivity contribution in [2.24, 2.45) is 5.92 Å². The molecule has 0 amide bonds. The van der Waals surface area contributed by atoms with E-state index in [2.05, 4.69) is 13.8 Å². The van der Waals surface area contributed by atoms with E-state index < -0.39 is 18.0 Å². The number of esters is 2. The van der Waals surface area contributed by atoms with Gasteiger partial charge in [0.25, 0.3) is 0 Å². The number of carbonyl (C=O) groups excluding carboxylic acids is 2. The second-order valence-electron chi connectivity index (χ2n) is 8.74. The van der Waals surface area contributed by atoms with Gasteiger partial charge in [-0.3, -0.25) is 9.59 Å². The lowest BCUT2D eigenvalue weighted by molar-refractivity contribution is -0.162. The molecule has 2 unspecified atom stereocenters. The van der Waals surface area contributed by atoms with Gasteiger partial charge in [-0.2, -0.15) is 0 Å². The Morgan fingerprint density at radius 2 is 1.75 bits per heavy atom. The molecule has 0 saturated carbocycles. The number of hydrogen-bond acceptors (Lipinski definition) is 8. The van der Waals surface area contributed by atoms with Gasteiger partial charge in [0.15, 0.2) is 18.1 Å². The molecule has 0 bridgehead atoms. The molecule has 1 aromatic heterocycles. The molecular weight excluding hydrogens is 480 g/mol. The highest BCUT2D eigenvalue weighted by Gasteiger charge is 2.17. The van der Waals surface area contributed by atoms with Crippen LogP contribution in [-0.4, -0.2) is 44.5 Å². The SMILES string of the molecule is CCCCC(CC)COCC(COC(=O)COc1ccc2sc3ccccc3c(=O)c2c1)OC(C)=O. The van der Waals surface area contributed by atoms with Gasteiger partial charge in [-0.1, -0.05) is 45.2 Å². The Bertz CT molecular complexity index is 1220. The van der Waals surface area contributed by atoms with Gasteiger partial charge in [0, 0.05) is 33.7 Å². The molecule has 3 aromatic rings. The highest BCUT2D eigenvalue weighted by molar-refractivity contribution is 7.24.